The normalized spacial score (nSPS) is 10.5. The van der Waals surface area contributed by atoms with Gasteiger partial charge in [0.05, 0.1) is 10.6 Å². The van der Waals surface area contributed by atoms with E-state index in [-0.39, 0.29) is 11.8 Å². The third-order valence-corrected chi connectivity index (χ3v) is 4.53. The minimum atomic E-state index is -0.155. The first-order chi connectivity index (χ1) is 13.0. The highest BCUT2D eigenvalue weighted by Crippen LogP contribution is 2.23. The van der Waals surface area contributed by atoms with Crippen LogP contribution in [0, 0.1) is 0 Å². The van der Waals surface area contributed by atoms with Crippen molar-refractivity contribution in [3.63, 3.8) is 0 Å². The van der Waals surface area contributed by atoms with Gasteiger partial charge in [-0.15, -0.1) is 0 Å². The van der Waals surface area contributed by atoms with Crippen molar-refractivity contribution >= 4 is 29.1 Å². The van der Waals surface area contributed by atoms with Gasteiger partial charge in [0.2, 0.25) is 5.91 Å². The van der Waals surface area contributed by atoms with Crippen LogP contribution in [0.15, 0.2) is 48.5 Å². The van der Waals surface area contributed by atoms with Crippen LogP contribution in [0.2, 0.25) is 5.02 Å². The van der Waals surface area contributed by atoms with E-state index in [9.17, 15) is 9.59 Å². The molecule has 0 atom stereocenters. The van der Waals surface area contributed by atoms with Gasteiger partial charge in [0.25, 0.3) is 5.91 Å². The predicted molar refractivity (Wildman–Crippen MR) is 110 cm³/mol. The van der Waals surface area contributed by atoms with Gasteiger partial charge in [0.15, 0.2) is 0 Å². The van der Waals surface area contributed by atoms with Gasteiger partial charge >= 0.3 is 0 Å². The van der Waals surface area contributed by atoms with Crippen LogP contribution in [0.25, 0.3) is 0 Å². The van der Waals surface area contributed by atoms with Crippen molar-refractivity contribution in [2.75, 3.05) is 25.5 Å². The number of hydrogen-bond acceptors (Lipinski definition) is 3. The molecule has 6 heteroatoms. The number of anilines is 1. The molecule has 2 rings (SSSR count). The van der Waals surface area contributed by atoms with Crippen LogP contribution in [-0.4, -0.2) is 36.9 Å². The zero-order valence-corrected chi connectivity index (χ0v) is 16.6. The molecule has 0 radical (unpaired) electrons. The molecule has 0 spiro atoms. The lowest BCUT2D eigenvalue weighted by molar-refractivity contribution is -0.116. The van der Waals surface area contributed by atoms with Crippen molar-refractivity contribution < 1.29 is 9.59 Å². The molecule has 2 aromatic carbocycles. The molecule has 0 bridgehead atoms. The number of rotatable bonds is 9. The van der Waals surface area contributed by atoms with Crippen LogP contribution in [0.5, 0.6) is 0 Å². The second-order valence-corrected chi connectivity index (χ2v) is 6.66. The fourth-order valence-electron chi connectivity index (χ4n) is 2.72. The minimum Gasteiger partial charge on any atom is -0.335 e. The first-order valence-electron chi connectivity index (χ1n) is 9.12. The molecule has 2 aromatic rings. The molecule has 0 heterocycles. The van der Waals surface area contributed by atoms with Crippen LogP contribution in [0.1, 0.15) is 35.7 Å². The van der Waals surface area contributed by atoms with Gasteiger partial charge in [-0.25, -0.2) is 0 Å². The Morgan fingerprint density at radius 2 is 1.85 bits per heavy atom. The highest BCUT2D eigenvalue weighted by molar-refractivity contribution is 6.34. The summed E-state index contributed by atoms with van der Waals surface area (Å²) in [6.07, 6.45) is 1.17. The van der Waals surface area contributed by atoms with Crippen molar-refractivity contribution in [1.82, 2.24) is 10.2 Å². The maximum atomic E-state index is 13.0. The van der Waals surface area contributed by atoms with Crippen LogP contribution in [0.4, 0.5) is 5.69 Å². The second kappa shape index (κ2) is 10.7. The van der Waals surface area contributed by atoms with E-state index >= 15 is 0 Å². The van der Waals surface area contributed by atoms with E-state index in [0.717, 1.165) is 18.5 Å². The maximum absolute atomic E-state index is 13.0. The second-order valence-electron chi connectivity index (χ2n) is 6.25. The molecule has 0 aromatic heterocycles. The smallest absolute Gasteiger partial charge is 0.255 e. The molecule has 0 fully saturated rings. The fourth-order valence-corrected chi connectivity index (χ4v) is 2.92. The van der Waals surface area contributed by atoms with Crippen molar-refractivity contribution in [1.29, 1.82) is 0 Å². The number of benzene rings is 2. The highest BCUT2D eigenvalue weighted by Gasteiger charge is 2.18. The van der Waals surface area contributed by atoms with E-state index in [1.807, 2.05) is 44.3 Å². The average molecular weight is 388 g/mol. The molecule has 0 unspecified atom stereocenters. The summed E-state index contributed by atoms with van der Waals surface area (Å²) in [4.78, 5) is 26.7. The van der Waals surface area contributed by atoms with Crippen molar-refractivity contribution in [3.8, 4) is 0 Å². The molecule has 0 aliphatic rings. The van der Waals surface area contributed by atoms with E-state index in [1.165, 1.54) is 0 Å². The average Bonchev–Trinajstić information content (AvgIpc) is 2.68. The summed E-state index contributed by atoms with van der Waals surface area (Å²) in [5.74, 6) is -0.236. The van der Waals surface area contributed by atoms with E-state index in [2.05, 4.69) is 10.6 Å². The Kier molecular flexibility index (Phi) is 8.30. The van der Waals surface area contributed by atoms with Gasteiger partial charge < -0.3 is 15.5 Å². The Bertz CT molecular complexity index is 765. The summed E-state index contributed by atoms with van der Waals surface area (Å²) in [6.45, 7) is 3.78. The summed E-state index contributed by atoms with van der Waals surface area (Å²) in [5.41, 5.74) is 2.02. The maximum Gasteiger partial charge on any atom is 0.255 e. The standard InChI is InChI=1S/C21H26ClN3O2/c1-3-25(15-16-8-5-4-6-9-16)21(27)18-14-17(11-12-19(18)22)24-20(26)10-7-13-23-2/h4-6,8-9,11-12,14,23H,3,7,10,13,15H2,1-2H3,(H,24,26). The zero-order chi connectivity index (χ0) is 19.6. The number of amides is 2. The quantitative estimate of drug-likeness (QED) is 0.640. The van der Waals surface area contributed by atoms with Crippen molar-refractivity contribution in [2.45, 2.75) is 26.3 Å². The number of carbonyl (C=O) groups excluding carboxylic acids is 2. The molecule has 0 aliphatic heterocycles. The Morgan fingerprint density at radius 3 is 2.52 bits per heavy atom. The first kappa shape index (κ1) is 20.9. The van der Waals surface area contributed by atoms with Crippen molar-refractivity contribution in [2.24, 2.45) is 0 Å². The largest absolute Gasteiger partial charge is 0.335 e. The molecular weight excluding hydrogens is 362 g/mol. The first-order valence-corrected chi connectivity index (χ1v) is 9.50. The lowest BCUT2D eigenvalue weighted by Gasteiger charge is -2.22. The Labute approximate surface area is 165 Å². The topological polar surface area (TPSA) is 61.4 Å². The molecular formula is C21H26ClN3O2. The van der Waals surface area contributed by atoms with Gasteiger partial charge in [-0.3, -0.25) is 9.59 Å². The predicted octanol–water partition coefficient (Wildman–Crippen LogP) is 3.94. The third-order valence-electron chi connectivity index (χ3n) is 4.20. The summed E-state index contributed by atoms with van der Waals surface area (Å²) < 4.78 is 0. The summed E-state index contributed by atoms with van der Waals surface area (Å²) in [7, 11) is 1.85. The van der Waals surface area contributed by atoms with Gasteiger partial charge in [-0.1, -0.05) is 41.9 Å². The fraction of sp³-hybridized carbons (Fsp3) is 0.333. The van der Waals surface area contributed by atoms with Gasteiger partial charge in [0.1, 0.15) is 0 Å². The summed E-state index contributed by atoms with van der Waals surface area (Å²) >= 11 is 6.27. The SMILES string of the molecule is CCN(Cc1ccccc1)C(=O)c1cc(NC(=O)CCCNC)ccc1Cl. The number of carbonyl (C=O) groups is 2. The number of hydrogen-bond donors (Lipinski definition) is 2. The van der Waals surface area contributed by atoms with E-state index in [0.29, 0.717) is 35.8 Å². The molecule has 5 nitrogen and oxygen atoms in total. The molecule has 27 heavy (non-hydrogen) atoms. The third kappa shape index (κ3) is 6.38. The Morgan fingerprint density at radius 1 is 1.11 bits per heavy atom. The molecule has 0 saturated heterocycles. The van der Waals surface area contributed by atoms with E-state index in [4.69, 9.17) is 11.6 Å². The van der Waals surface area contributed by atoms with E-state index in [1.54, 1.807) is 23.1 Å². The minimum absolute atomic E-state index is 0.0809. The lowest BCUT2D eigenvalue weighted by atomic mass is 10.1. The van der Waals surface area contributed by atoms with Gasteiger partial charge in [-0.2, -0.15) is 0 Å². The lowest BCUT2D eigenvalue weighted by Crippen LogP contribution is -2.30. The molecule has 0 saturated carbocycles. The molecule has 0 aliphatic carbocycles. The summed E-state index contributed by atoms with van der Waals surface area (Å²) in [5, 5.41) is 6.22. The molecule has 144 valence electrons. The Hall–Kier alpha value is -2.37. The van der Waals surface area contributed by atoms with Crippen molar-refractivity contribution in [3.05, 3.63) is 64.7 Å². The number of nitrogens with one attached hydrogen (secondary N) is 2. The van der Waals surface area contributed by atoms with Gasteiger partial charge in [0, 0.05) is 25.2 Å². The van der Waals surface area contributed by atoms with Crippen LogP contribution in [0.3, 0.4) is 0 Å². The molecule has 2 N–H and O–H groups in total. The van der Waals surface area contributed by atoms with Crippen LogP contribution >= 0.6 is 11.6 Å². The monoisotopic (exact) mass is 387 g/mol. The number of halogens is 1. The van der Waals surface area contributed by atoms with Crippen LogP contribution < -0.4 is 10.6 Å². The van der Waals surface area contributed by atoms with Gasteiger partial charge in [-0.05, 0) is 50.7 Å². The van der Waals surface area contributed by atoms with Crippen LogP contribution in [-0.2, 0) is 11.3 Å². The Balaban J connectivity index is 2.11. The molecule has 2 amide bonds. The van der Waals surface area contributed by atoms with E-state index < -0.39 is 0 Å². The summed E-state index contributed by atoms with van der Waals surface area (Å²) in [6, 6.07) is 14.8. The highest BCUT2D eigenvalue weighted by atomic mass is 35.5. The number of nitrogens with zero attached hydrogens (tertiary/aromatic N) is 1. The zero-order valence-electron chi connectivity index (χ0n) is 15.8.